The molecule has 0 unspecified atom stereocenters. The zero-order chi connectivity index (χ0) is 20.4. The highest BCUT2D eigenvalue weighted by Crippen LogP contribution is 2.30. The van der Waals surface area contributed by atoms with Crippen molar-refractivity contribution < 1.29 is 4.74 Å². The van der Waals surface area contributed by atoms with Gasteiger partial charge in [0.15, 0.2) is 0 Å². The van der Waals surface area contributed by atoms with Gasteiger partial charge in [0.2, 0.25) is 0 Å². The molecule has 6 nitrogen and oxygen atoms in total. The van der Waals surface area contributed by atoms with Crippen molar-refractivity contribution in [1.29, 1.82) is 5.26 Å². The summed E-state index contributed by atoms with van der Waals surface area (Å²) in [6.45, 7) is 12.6. The maximum atomic E-state index is 9.41. The molecule has 154 valence electrons. The zero-order valence-corrected chi connectivity index (χ0v) is 17.6. The van der Waals surface area contributed by atoms with Crippen molar-refractivity contribution in [3.63, 3.8) is 0 Å². The summed E-state index contributed by atoms with van der Waals surface area (Å²) in [4.78, 5) is 9.34. The van der Waals surface area contributed by atoms with Gasteiger partial charge < -0.3 is 15.0 Å². The van der Waals surface area contributed by atoms with Gasteiger partial charge in [-0.2, -0.15) is 5.26 Å². The van der Waals surface area contributed by atoms with E-state index in [0.29, 0.717) is 17.5 Å². The first kappa shape index (κ1) is 20.1. The van der Waals surface area contributed by atoms with Crippen LogP contribution in [0.3, 0.4) is 0 Å². The number of nitriles is 1. The molecule has 0 bridgehead atoms. The lowest BCUT2D eigenvalue weighted by Crippen LogP contribution is -2.61. The second-order valence-corrected chi connectivity index (χ2v) is 8.83. The Morgan fingerprint density at radius 2 is 2.07 bits per heavy atom. The van der Waals surface area contributed by atoms with E-state index in [2.05, 4.69) is 59.1 Å². The molecule has 1 aromatic heterocycles. The number of pyridine rings is 1. The number of rotatable bonds is 6. The molecular weight excluding hydrogens is 362 g/mol. The van der Waals surface area contributed by atoms with Gasteiger partial charge in [-0.25, -0.2) is 0 Å². The van der Waals surface area contributed by atoms with Crippen LogP contribution in [0.5, 0.6) is 0 Å². The van der Waals surface area contributed by atoms with E-state index in [0.717, 1.165) is 55.9 Å². The first-order chi connectivity index (χ1) is 14.0. The highest BCUT2D eigenvalue weighted by atomic mass is 16.5. The van der Waals surface area contributed by atoms with Crippen LogP contribution in [0.15, 0.2) is 30.5 Å². The summed E-state index contributed by atoms with van der Waals surface area (Å²) in [6, 6.07) is 10.8. The van der Waals surface area contributed by atoms with E-state index in [1.54, 1.807) is 6.20 Å². The summed E-state index contributed by atoms with van der Waals surface area (Å²) in [7, 11) is 0. The van der Waals surface area contributed by atoms with Gasteiger partial charge in [-0.15, -0.1) is 0 Å². The number of anilines is 1. The average molecular weight is 394 g/mol. The minimum atomic E-state index is 0.173. The van der Waals surface area contributed by atoms with E-state index in [-0.39, 0.29) is 12.2 Å². The number of ether oxygens (including phenoxy) is 1. The Bertz CT molecular complexity index is 886. The van der Waals surface area contributed by atoms with Crippen molar-refractivity contribution in [3.8, 4) is 6.07 Å². The van der Waals surface area contributed by atoms with Crippen molar-refractivity contribution >= 4 is 16.6 Å². The fourth-order valence-electron chi connectivity index (χ4n) is 4.40. The Balaban J connectivity index is 1.43. The molecule has 2 fully saturated rings. The maximum absolute atomic E-state index is 9.41. The molecule has 1 N–H and O–H groups in total. The highest BCUT2D eigenvalue weighted by molar-refractivity contribution is 5.95. The van der Waals surface area contributed by atoms with Gasteiger partial charge in [0.1, 0.15) is 6.07 Å². The summed E-state index contributed by atoms with van der Waals surface area (Å²) in [5.41, 5.74) is 2.56. The molecule has 0 amide bonds. The van der Waals surface area contributed by atoms with Gasteiger partial charge >= 0.3 is 0 Å². The lowest BCUT2D eigenvalue weighted by molar-refractivity contribution is -0.0452. The third kappa shape index (κ3) is 4.53. The first-order valence-corrected chi connectivity index (χ1v) is 10.7. The van der Waals surface area contributed by atoms with Crippen LogP contribution in [-0.2, 0) is 4.74 Å². The van der Waals surface area contributed by atoms with E-state index in [1.165, 1.54) is 0 Å². The summed E-state index contributed by atoms with van der Waals surface area (Å²) < 4.78 is 6.26. The van der Waals surface area contributed by atoms with E-state index < -0.39 is 0 Å². The molecule has 2 atom stereocenters. The molecule has 0 spiro atoms. The molecule has 29 heavy (non-hydrogen) atoms. The molecule has 4 rings (SSSR count). The zero-order valence-electron chi connectivity index (χ0n) is 17.6. The van der Waals surface area contributed by atoms with Gasteiger partial charge in [-0.05, 0) is 43.7 Å². The predicted molar refractivity (Wildman–Crippen MR) is 116 cm³/mol. The largest absolute Gasteiger partial charge is 0.370 e. The number of nitrogens with one attached hydrogen (secondary N) is 1. The summed E-state index contributed by atoms with van der Waals surface area (Å²) in [5, 5.41) is 14.1. The third-order valence-corrected chi connectivity index (χ3v) is 5.77. The second-order valence-electron chi connectivity index (χ2n) is 8.83. The SMILES string of the molecule is CC(C)CNC1CN(C[C@H]2CN(c3ccc(C#N)c4ncccc34)C[C@@H](C)O2)C1. The van der Waals surface area contributed by atoms with E-state index >= 15 is 0 Å². The monoisotopic (exact) mass is 393 g/mol. The highest BCUT2D eigenvalue weighted by Gasteiger charge is 2.32. The third-order valence-electron chi connectivity index (χ3n) is 5.77. The molecule has 2 aliphatic rings. The number of hydrogen-bond donors (Lipinski definition) is 1. The number of hydrogen-bond acceptors (Lipinski definition) is 6. The summed E-state index contributed by atoms with van der Waals surface area (Å²) in [5.74, 6) is 0.692. The molecule has 0 saturated carbocycles. The molecule has 0 radical (unpaired) electrons. The molecule has 3 heterocycles. The Morgan fingerprint density at radius 3 is 2.83 bits per heavy atom. The lowest BCUT2D eigenvalue weighted by Gasteiger charge is -2.45. The normalized spacial score (nSPS) is 23.3. The minimum absolute atomic E-state index is 0.173. The first-order valence-electron chi connectivity index (χ1n) is 10.7. The van der Waals surface area contributed by atoms with Gasteiger partial charge in [-0.1, -0.05) is 13.8 Å². The Labute approximate surface area is 173 Å². The van der Waals surface area contributed by atoms with Crippen molar-refractivity contribution in [2.24, 2.45) is 5.92 Å². The molecule has 2 aliphatic heterocycles. The minimum Gasteiger partial charge on any atom is -0.370 e. The summed E-state index contributed by atoms with van der Waals surface area (Å²) in [6.07, 6.45) is 2.12. The van der Waals surface area contributed by atoms with E-state index in [9.17, 15) is 5.26 Å². The van der Waals surface area contributed by atoms with Crippen molar-refractivity contribution in [3.05, 3.63) is 36.0 Å². The van der Waals surface area contributed by atoms with Crippen molar-refractivity contribution in [2.75, 3.05) is 44.2 Å². The maximum Gasteiger partial charge on any atom is 0.101 e. The number of morpholine rings is 1. The molecule has 1 aromatic carbocycles. The summed E-state index contributed by atoms with van der Waals surface area (Å²) >= 11 is 0. The standard InChI is InChI=1S/C23H31N5O/c1-16(2)10-26-19-12-27(13-19)14-20-15-28(11-17(3)29-20)22-7-6-18(9-24)23-21(22)5-4-8-25-23/h4-8,16-17,19-20,26H,10-15H2,1-3H3/t17-,20+/m1/s1. The number of fused-ring (bicyclic) bond motifs is 1. The fraction of sp³-hybridized carbons (Fsp3) is 0.565. The molecule has 2 aromatic rings. The topological polar surface area (TPSA) is 64.4 Å². The smallest absolute Gasteiger partial charge is 0.101 e. The van der Waals surface area contributed by atoms with Crippen LogP contribution in [0.2, 0.25) is 0 Å². The molecular formula is C23H31N5O. The fourth-order valence-corrected chi connectivity index (χ4v) is 4.40. The predicted octanol–water partition coefficient (Wildman–Crippen LogP) is 2.63. The van der Waals surface area contributed by atoms with E-state index in [4.69, 9.17) is 4.74 Å². The van der Waals surface area contributed by atoms with Crippen LogP contribution in [0.4, 0.5) is 5.69 Å². The molecule has 0 aliphatic carbocycles. The lowest BCUT2D eigenvalue weighted by atomic mass is 10.0. The average Bonchev–Trinajstić information content (AvgIpc) is 2.68. The van der Waals surface area contributed by atoms with Gasteiger partial charge in [0.25, 0.3) is 0 Å². The van der Waals surface area contributed by atoms with Gasteiger partial charge in [0, 0.05) is 56.0 Å². The number of benzene rings is 1. The van der Waals surface area contributed by atoms with Crippen LogP contribution < -0.4 is 10.2 Å². The number of likely N-dealkylation sites (tertiary alicyclic amines) is 1. The van der Waals surface area contributed by atoms with Crippen LogP contribution in [0.1, 0.15) is 26.3 Å². The molecule has 2 saturated heterocycles. The Kier molecular flexibility index (Phi) is 6.00. The van der Waals surface area contributed by atoms with Crippen LogP contribution in [0.25, 0.3) is 10.9 Å². The quantitative estimate of drug-likeness (QED) is 0.814. The number of aromatic nitrogens is 1. The van der Waals surface area contributed by atoms with Crippen molar-refractivity contribution in [2.45, 2.75) is 39.0 Å². The number of nitrogens with zero attached hydrogens (tertiary/aromatic N) is 4. The second kappa shape index (κ2) is 8.66. The molecule has 6 heteroatoms. The van der Waals surface area contributed by atoms with Crippen LogP contribution >= 0.6 is 0 Å². The van der Waals surface area contributed by atoms with Crippen LogP contribution in [-0.4, -0.2) is 67.4 Å². The van der Waals surface area contributed by atoms with Gasteiger partial charge in [-0.3, -0.25) is 9.88 Å². The van der Waals surface area contributed by atoms with E-state index in [1.807, 2.05) is 12.1 Å². The van der Waals surface area contributed by atoms with Gasteiger partial charge in [0.05, 0.1) is 23.3 Å². The van der Waals surface area contributed by atoms with Crippen molar-refractivity contribution in [1.82, 2.24) is 15.2 Å². The Morgan fingerprint density at radius 1 is 1.24 bits per heavy atom. The van der Waals surface area contributed by atoms with Crippen LogP contribution in [0, 0.1) is 17.2 Å². The Hall–Kier alpha value is -2.20.